The maximum atomic E-state index is 11.8. The molecule has 4 unspecified atom stereocenters. The first-order chi connectivity index (χ1) is 24.9. The van der Waals surface area contributed by atoms with Crippen molar-refractivity contribution in [1.29, 1.82) is 0 Å². The number of nitrogens with zero attached hydrogens (tertiary/aromatic N) is 9. The van der Waals surface area contributed by atoms with E-state index in [2.05, 4.69) is 63.8 Å². The van der Waals surface area contributed by atoms with Gasteiger partial charge < -0.3 is 47.9 Å². The van der Waals surface area contributed by atoms with Crippen LogP contribution in [0.4, 0.5) is 5.82 Å². The number of hydrogen-bond acceptors (Lipinski definition) is 16. The molecule has 24 heteroatoms. The molecule has 0 aromatic carbocycles. The number of nitrogen functional groups attached to an aromatic ring is 1. The summed E-state index contributed by atoms with van der Waals surface area (Å²) >= 11 is 11.2. The Balaban J connectivity index is 1.17. The van der Waals surface area contributed by atoms with Crippen LogP contribution in [0.2, 0.25) is 18.1 Å². The average Bonchev–Trinajstić information content (AvgIpc) is 3.85. The molecule has 5 aromatic heterocycles. The minimum atomic E-state index is -4.01. The van der Waals surface area contributed by atoms with E-state index in [9.17, 15) is 14.9 Å². The van der Waals surface area contributed by atoms with Crippen LogP contribution in [0.5, 0.6) is 5.88 Å². The summed E-state index contributed by atoms with van der Waals surface area (Å²) in [6.07, 6.45) is 4.30. The molecule has 2 aliphatic heterocycles. The van der Waals surface area contributed by atoms with Gasteiger partial charge in [0.1, 0.15) is 30.2 Å². The van der Waals surface area contributed by atoms with Crippen LogP contribution in [0, 0.1) is 11.8 Å². The van der Waals surface area contributed by atoms with Crippen LogP contribution < -0.4 is 5.73 Å². The Kier molecular flexibility index (Phi) is 9.37. The number of aromatic nitrogens is 9. The van der Waals surface area contributed by atoms with E-state index in [0.29, 0.717) is 23.2 Å². The number of imidazole rings is 3. The standard InChI is InChI=1S/C29H40N10O9P2S2Si/c1-29(2,3)53(4,5)48-21-18-11-45-49(41,51)44-10-16-15(8-17(16)38-13-34-19-23(30)32-12-33-24(19)38)9-43-50(42,52)47-22(21)27(46-18)39-14-35-20-25(40)36-28-31-6-7-37(28)26(20)39/h6-7,12-18,21-22,27H,8-11H2,1-5H3,(H,41,51)(H,42,52)(H2,30,32,33)(H,31,36,40)/t15?,16-,17-,18-,21?,22-,27-,49?,50?/m1/s1. The molecule has 5 aromatic rings. The van der Waals surface area contributed by atoms with Crippen LogP contribution in [0.15, 0.2) is 31.4 Å². The molecule has 1 aliphatic carbocycles. The molecule has 5 N–H and O–H groups in total. The molecule has 7 heterocycles. The third-order valence-corrected chi connectivity index (χ3v) is 18.4. The van der Waals surface area contributed by atoms with Gasteiger partial charge in [-0.15, -0.1) is 0 Å². The molecule has 3 fully saturated rings. The van der Waals surface area contributed by atoms with Gasteiger partial charge >= 0.3 is 13.4 Å². The zero-order valence-corrected chi connectivity index (χ0v) is 33.8. The molecule has 0 spiro atoms. The van der Waals surface area contributed by atoms with Crippen molar-refractivity contribution < 1.29 is 42.2 Å². The number of ether oxygens (including phenoxy) is 1. The van der Waals surface area contributed by atoms with Crippen LogP contribution in [-0.4, -0.2) is 105 Å². The lowest BCUT2D eigenvalue weighted by Gasteiger charge is -2.45. The first-order valence-corrected chi connectivity index (χ1v) is 24.9. The predicted molar refractivity (Wildman–Crippen MR) is 200 cm³/mol. The second kappa shape index (κ2) is 13.3. The van der Waals surface area contributed by atoms with Gasteiger partial charge in [0.2, 0.25) is 11.7 Å². The van der Waals surface area contributed by atoms with Crippen LogP contribution in [-0.2, 0) is 50.9 Å². The smallest absolute Gasteiger partial charge is 0.325 e. The van der Waals surface area contributed by atoms with Crippen molar-refractivity contribution in [2.75, 3.05) is 25.6 Å². The lowest BCUT2D eigenvalue weighted by molar-refractivity contribution is -0.0474. The monoisotopic (exact) mass is 826 g/mol. The quantitative estimate of drug-likeness (QED) is 0.150. The Hall–Kier alpha value is -2.56. The highest BCUT2D eigenvalue weighted by molar-refractivity contribution is 8.07. The maximum Gasteiger partial charge on any atom is 0.325 e. The van der Waals surface area contributed by atoms with Gasteiger partial charge in [0.25, 0.3) is 0 Å². The fourth-order valence-corrected chi connectivity index (χ4v) is 10.8. The Morgan fingerprint density at radius 3 is 2.45 bits per heavy atom. The first-order valence-electron chi connectivity index (χ1n) is 16.9. The van der Waals surface area contributed by atoms with E-state index in [0.717, 1.165) is 0 Å². The molecule has 0 radical (unpaired) electrons. The van der Waals surface area contributed by atoms with Gasteiger partial charge in [-0.05, 0) is 54.1 Å². The van der Waals surface area contributed by atoms with Gasteiger partial charge in [-0.2, -0.15) is 4.98 Å². The normalized spacial score (nSPS) is 33.2. The fourth-order valence-electron chi connectivity index (χ4n) is 6.87. The summed E-state index contributed by atoms with van der Waals surface area (Å²) in [6, 6.07) is -0.185. The highest BCUT2D eigenvalue weighted by Gasteiger charge is 2.54. The average molecular weight is 827 g/mol. The van der Waals surface area contributed by atoms with Gasteiger partial charge in [-0.25, -0.2) is 24.9 Å². The van der Waals surface area contributed by atoms with E-state index in [1.165, 1.54) is 18.9 Å². The minimum Gasteiger partial charge on any atom is -0.492 e. The number of rotatable bonds is 4. The van der Waals surface area contributed by atoms with E-state index >= 15 is 0 Å². The summed E-state index contributed by atoms with van der Waals surface area (Å²) in [5.74, 6) is -0.322. The van der Waals surface area contributed by atoms with E-state index in [4.69, 9.17) is 56.6 Å². The van der Waals surface area contributed by atoms with Gasteiger partial charge in [0.05, 0.1) is 32.5 Å². The molecule has 53 heavy (non-hydrogen) atoms. The summed E-state index contributed by atoms with van der Waals surface area (Å²) in [5.41, 5.74) is 7.62. The molecule has 2 saturated heterocycles. The topological polar surface area (TPSA) is 234 Å². The number of nitrogens with two attached hydrogens (primary N) is 1. The zero-order chi connectivity index (χ0) is 37.7. The van der Waals surface area contributed by atoms with Crippen molar-refractivity contribution in [1.82, 2.24) is 43.4 Å². The predicted octanol–water partition coefficient (Wildman–Crippen LogP) is 3.55. The Morgan fingerprint density at radius 2 is 1.68 bits per heavy atom. The van der Waals surface area contributed by atoms with Crippen molar-refractivity contribution >= 4 is 79.3 Å². The molecule has 19 nitrogen and oxygen atoms in total. The molecule has 8 rings (SSSR count). The number of anilines is 1. The third kappa shape index (κ3) is 6.74. The Morgan fingerprint density at radius 1 is 0.962 bits per heavy atom. The van der Waals surface area contributed by atoms with E-state index in [1.54, 1.807) is 21.5 Å². The van der Waals surface area contributed by atoms with Crippen LogP contribution in [0.1, 0.15) is 39.5 Å². The molecule has 0 amide bonds. The van der Waals surface area contributed by atoms with Crippen molar-refractivity contribution in [2.24, 2.45) is 11.8 Å². The van der Waals surface area contributed by atoms with E-state index < -0.39 is 46.3 Å². The van der Waals surface area contributed by atoms with Crippen molar-refractivity contribution in [3.8, 4) is 5.88 Å². The van der Waals surface area contributed by atoms with Crippen molar-refractivity contribution in [3.05, 3.63) is 31.4 Å². The SMILES string of the molecule is CC(C)(C)[Si](C)(C)OC1[C@H]2OP(O)(=S)OCC3C[C@@H](n4cnc5c(N)ncnc54)[C@@H]3COP(O)(=S)OC[C@H]1O[C@H]2n1cnc2c(O)nc3nccn3c21. The van der Waals surface area contributed by atoms with Gasteiger partial charge in [0, 0.05) is 24.4 Å². The highest BCUT2D eigenvalue weighted by atomic mass is 32.5. The Labute approximate surface area is 314 Å². The van der Waals surface area contributed by atoms with Gasteiger partial charge in [-0.1, -0.05) is 20.8 Å². The Bertz CT molecular complexity index is 2300. The van der Waals surface area contributed by atoms with Crippen LogP contribution in [0.25, 0.3) is 28.1 Å². The van der Waals surface area contributed by atoms with E-state index in [1.807, 2.05) is 4.57 Å². The molecule has 2 bridgehead atoms. The maximum absolute atomic E-state index is 11.8. The second-order valence-corrected chi connectivity index (χ2v) is 25.4. The largest absolute Gasteiger partial charge is 0.492 e. The van der Waals surface area contributed by atoms with Gasteiger partial charge in [0.15, 0.2) is 37.2 Å². The molecular formula is C29H40N10O9P2S2Si. The second-order valence-electron chi connectivity index (χ2n) is 15.0. The van der Waals surface area contributed by atoms with Crippen LogP contribution in [0.3, 0.4) is 0 Å². The number of fused-ring (bicyclic) bond motifs is 7. The summed E-state index contributed by atoms with van der Waals surface area (Å²) in [5, 5.41) is 10.5. The van der Waals surface area contributed by atoms with Gasteiger partial charge in [-0.3, -0.25) is 13.5 Å². The summed E-state index contributed by atoms with van der Waals surface area (Å²) in [7, 11) is -2.59. The van der Waals surface area contributed by atoms with Crippen molar-refractivity contribution in [3.63, 3.8) is 0 Å². The molecule has 9 atom stereocenters. The minimum absolute atomic E-state index is 0.00198. The zero-order valence-electron chi connectivity index (χ0n) is 29.4. The number of aromatic hydroxyl groups is 1. The van der Waals surface area contributed by atoms with Crippen molar-refractivity contribution in [2.45, 2.75) is 75.9 Å². The molecule has 3 aliphatic rings. The highest BCUT2D eigenvalue weighted by Crippen LogP contribution is 2.56. The summed E-state index contributed by atoms with van der Waals surface area (Å²) in [6.45, 7) is 2.32. The van der Waals surface area contributed by atoms with E-state index in [-0.39, 0.29) is 65.7 Å². The molecule has 286 valence electrons. The summed E-state index contributed by atoms with van der Waals surface area (Å²) < 4.78 is 43.3. The lowest BCUT2D eigenvalue weighted by Crippen LogP contribution is -2.50. The number of hydrogen-bond donors (Lipinski definition) is 4. The lowest BCUT2D eigenvalue weighted by atomic mass is 9.70. The molecular weight excluding hydrogens is 787 g/mol. The fraction of sp³-hybridized carbons (Fsp3) is 0.586. The summed E-state index contributed by atoms with van der Waals surface area (Å²) in [4.78, 5) is 48.7. The third-order valence-electron chi connectivity index (χ3n) is 10.8. The first kappa shape index (κ1) is 37.4. The van der Waals surface area contributed by atoms with Crippen LogP contribution >= 0.6 is 13.4 Å². The molecule has 1 saturated carbocycles.